The molecule has 180 valence electrons. The lowest BCUT2D eigenvalue weighted by molar-refractivity contribution is -0.137. The number of carbonyl (C=O) groups excluding carboxylic acids is 3. The molecule has 12 heteroatoms. The van der Waals surface area contributed by atoms with Crippen LogP contribution in [-0.2, 0) is 25.2 Å². The number of hydrogen-bond donors (Lipinski definition) is 2. The predicted octanol–water partition coefficient (Wildman–Crippen LogP) is 4.16. The second-order valence-electron chi connectivity index (χ2n) is 6.84. The summed E-state index contributed by atoms with van der Waals surface area (Å²) in [4.78, 5) is 37.0. The highest BCUT2D eigenvalue weighted by atomic mass is 32.1. The Hall–Kier alpha value is -3.12. The highest BCUT2D eigenvalue weighted by molar-refractivity contribution is 7.16. The van der Waals surface area contributed by atoms with Crippen LogP contribution in [0.2, 0.25) is 0 Å². The molecule has 0 spiro atoms. The first kappa shape index (κ1) is 26.1. The molecule has 0 aliphatic rings. The Labute approximate surface area is 192 Å². The lowest BCUT2D eigenvalue weighted by atomic mass is 10.1. The van der Waals surface area contributed by atoms with Crippen LogP contribution in [0.3, 0.4) is 0 Å². The third-order valence-corrected chi connectivity index (χ3v) is 5.46. The molecule has 0 radical (unpaired) electrons. The molecule has 0 aliphatic heterocycles. The van der Waals surface area contributed by atoms with Gasteiger partial charge >= 0.3 is 12.1 Å². The summed E-state index contributed by atoms with van der Waals surface area (Å²) in [6, 6.07) is 2.63. The molecule has 1 aromatic heterocycles. The monoisotopic (exact) mass is 488 g/mol. The third kappa shape index (κ3) is 7.19. The van der Waals surface area contributed by atoms with Crippen LogP contribution in [0, 0.1) is 13.8 Å². The molecular weight excluding hydrogens is 465 g/mol. The van der Waals surface area contributed by atoms with E-state index in [1.807, 2.05) is 0 Å². The van der Waals surface area contributed by atoms with Crippen LogP contribution in [0.5, 0.6) is 5.75 Å². The molecule has 1 heterocycles. The minimum Gasteiger partial charge on any atom is -0.489 e. The molecule has 2 rings (SSSR count). The first-order valence-electron chi connectivity index (χ1n) is 9.61. The fourth-order valence-corrected chi connectivity index (χ4v) is 3.77. The molecule has 2 amide bonds. The fourth-order valence-electron chi connectivity index (χ4n) is 2.68. The fraction of sp³-hybridized carbons (Fsp3) is 0.381. The Morgan fingerprint density at radius 1 is 1.09 bits per heavy atom. The van der Waals surface area contributed by atoms with Crippen molar-refractivity contribution in [2.45, 2.75) is 26.9 Å². The van der Waals surface area contributed by atoms with Crippen LogP contribution in [0.4, 0.5) is 23.9 Å². The molecule has 1 aromatic carbocycles. The van der Waals surface area contributed by atoms with Gasteiger partial charge in [0.1, 0.15) is 17.4 Å². The van der Waals surface area contributed by atoms with Crippen molar-refractivity contribution in [2.24, 2.45) is 0 Å². The van der Waals surface area contributed by atoms with Crippen LogP contribution in [-0.4, -0.2) is 44.7 Å². The van der Waals surface area contributed by atoms with E-state index in [-0.39, 0.29) is 41.1 Å². The van der Waals surface area contributed by atoms with Crippen molar-refractivity contribution in [1.29, 1.82) is 0 Å². The van der Waals surface area contributed by atoms with Gasteiger partial charge < -0.3 is 24.8 Å². The van der Waals surface area contributed by atoms with Crippen LogP contribution in [0.15, 0.2) is 18.2 Å². The number of aryl methyl sites for hydroxylation is 1. The van der Waals surface area contributed by atoms with Gasteiger partial charge in [-0.2, -0.15) is 13.2 Å². The number of carbonyl (C=O) groups is 3. The van der Waals surface area contributed by atoms with Crippen molar-refractivity contribution in [3.8, 4) is 5.75 Å². The van der Waals surface area contributed by atoms with Gasteiger partial charge in [0.2, 0.25) is 5.91 Å². The van der Waals surface area contributed by atoms with E-state index in [4.69, 9.17) is 14.2 Å². The average molecular weight is 488 g/mol. The molecule has 0 fully saturated rings. The number of benzene rings is 1. The molecule has 0 saturated carbocycles. The highest BCUT2D eigenvalue weighted by Gasteiger charge is 2.31. The van der Waals surface area contributed by atoms with Crippen LogP contribution < -0.4 is 15.4 Å². The standard InChI is InChI=1S/C21H23F3N2O6S/c1-11-12(2)33-19(25-13(3)27)18(11)20(29)32-10-17(28)26-15-9-14(21(22,23)24)5-6-16(15)31-8-7-30-4/h5-6,9H,7-8,10H2,1-4H3,(H,25,27)(H,26,28). The number of esters is 1. The van der Waals surface area contributed by atoms with Gasteiger partial charge in [0.05, 0.1) is 23.4 Å². The predicted molar refractivity (Wildman–Crippen MR) is 116 cm³/mol. The third-order valence-electron chi connectivity index (χ3n) is 4.34. The molecule has 8 nitrogen and oxygen atoms in total. The normalized spacial score (nSPS) is 11.1. The van der Waals surface area contributed by atoms with Crippen LogP contribution in [0.1, 0.15) is 33.3 Å². The number of alkyl halides is 3. The van der Waals surface area contributed by atoms with Crippen molar-refractivity contribution in [3.05, 3.63) is 39.8 Å². The second kappa shape index (κ2) is 11.1. The number of halogens is 3. The van der Waals surface area contributed by atoms with E-state index in [9.17, 15) is 27.6 Å². The van der Waals surface area contributed by atoms with Gasteiger partial charge in [0, 0.05) is 18.9 Å². The summed E-state index contributed by atoms with van der Waals surface area (Å²) in [7, 11) is 1.43. The molecule has 0 saturated heterocycles. The van der Waals surface area contributed by atoms with E-state index >= 15 is 0 Å². The number of methoxy groups -OCH3 is 1. The van der Waals surface area contributed by atoms with Crippen molar-refractivity contribution in [3.63, 3.8) is 0 Å². The first-order valence-corrected chi connectivity index (χ1v) is 10.4. The minimum absolute atomic E-state index is 0.00280. The Bertz CT molecular complexity index is 1040. The van der Waals surface area contributed by atoms with E-state index in [0.29, 0.717) is 5.56 Å². The molecule has 33 heavy (non-hydrogen) atoms. The number of anilines is 2. The largest absolute Gasteiger partial charge is 0.489 e. The van der Waals surface area contributed by atoms with E-state index in [1.54, 1.807) is 13.8 Å². The summed E-state index contributed by atoms with van der Waals surface area (Å²) in [6.45, 7) is 4.17. The number of rotatable bonds is 9. The second-order valence-corrected chi connectivity index (χ2v) is 8.07. The molecule has 0 unspecified atom stereocenters. The van der Waals surface area contributed by atoms with Gasteiger partial charge in [0.15, 0.2) is 6.61 Å². The summed E-state index contributed by atoms with van der Waals surface area (Å²) < 4.78 is 54.5. The van der Waals surface area contributed by atoms with Gasteiger partial charge in [-0.15, -0.1) is 11.3 Å². The van der Waals surface area contributed by atoms with Crippen molar-refractivity contribution in [2.75, 3.05) is 37.6 Å². The van der Waals surface area contributed by atoms with Crippen molar-refractivity contribution < 1.29 is 41.8 Å². The first-order chi connectivity index (χ1) is 15.4. The summed E-state index contributed by atoms with van der Waals surface area (Å²) in [5.41, 5.74) is -0.522. The van der Waals surface area contributed by atoms with Gasteiger partial charge in [-0.1, -0.05) is 0 Å². The zero-order valence-corrected chi connectivity index (χ0v) is 19.2. The lowest BCUT2D eigenvalue weighted by Crippen LogP contribution is -2.22. The van der Waals surface area contributed by atoms with Gasteiger partial charge in [-0.25, -0.2) is 4.79 Å². The molecule has 0 atom stereocenters. The number of amides is 2. The Kier molecular flexibility index (Phi) is 8.83. The lowest BCUT2D eigenvalue weighted by Gasteiger charge is -2.15. The molecule has 0 bridgehead atoms. The van der Waals surface area contributed by atoms with E-state index < -0.39 is 30.2 Å². The van der Waals surface area contributed by atoms with Gasteiger partial charge in [-0.05, 0) is 37.6 Å². The van der Waals surface area contributed by atoms with Gasteiger partial charge in [-0.3, -0.25) is 9.59 Å². The number of thiophene rings is 1. The Balaban J connectivity index is 2.14. The average Bonchev–Trinajstić information content (AvgIpc) is 2.99. The topological polar surface area (TPSA) is 103 Å². The number of nitrogens with one attached hydrogen (secondary N) is 2. The number of ether oxygens (including phenoxy) is 3. The molecule has 0 aliphatic carbocycles. The summed E-state index contributed by atoms with van der Waals surface area (Å²) in [5, 5.41) is 5.10. The summed E-state index contributed by atoms with van der Waals surface area (Å²) in [6.07, 6.45) is -4.63. The minimum atomic E-state index is -4.63. The maximum Gasteiger partial charge on any atom is 0.416 e. The molecule has 2 aromatic rings. The van der Waals surface area contributed by atoms with Crippen LogP contribution >= 0.6 is 11.3 Å². The SMILES string of the molecule is COCCOc1ccc(C(F)(F)F)cc1NC(=O)COC(=O)c1c(NC(C)=O)sc(C)c1C. The smallest absolute Gasteiger partial charge is 0.416 e. The maximum absolute atomic E-state index is 13.1. The highest BCUT2D eigenvalue weighted by Crippen LogP contribution is 2.35. The summed E-state index contributed by atoms with van der Waals surface area (Å²) in [5.74, 6) is -2.10. The van der Waals surface area contributed by atoms with E-state index in [1.165, 1.54) is 25.4 Å². The Morgan fingerprint density at radius 3 is 2.39 bits per heavy atom. The molecule has 2 N–H and O–H groups in total. The van der Waals surface area contributed by atoms with Crippen LogP contribution in [0.25, 0.3) is 0 Å². The Morgan fingerprint density at radius 2 is 1.79 bits per heavy atom. The zero-order valence-electron chi connectivity index (χ0n) is 18.3. The van der Waals surface area contributed by atoms with E-state index in [0.717, 1.165) is 23.1 Å². The molecular formula is C21H23F3N2O6S. The maximum atomic E-state index is 13.1. The van der Waals surface area contributed by atoms with Crippen molar-refractivity contribution in [1.82, 2.24) is 0 Å². The van der Waals surface area contributed by atoms with E-state index in [2.05, 4.69) is 10.6 Å². The summed E-state index contributed by atoms with van der Waals surface area (Å²) >= 11 is 1.18. The zero-order chi connectivity index (χ0) is 24.8. The number of hydrogen-bond acceptors (Lipinski definition) is 7. The quantitative estimate of drug-likeness (QED) is 0.406. The van der Waals surface area contributed by atoms with Crippen molar-refractivity contribution >= 4 is 39.8 Å². The van der Waals surface area contributed by atoms with Gasteiger partial charge in [0.25, 0.3) is 5.91 Å².